The maximum absolute atomic E-state index is 4.27. The summed E-state index contributed by atoms with van der Waals surface area (Å²) in [7, 11) is 0. The molecule has 2 aromatic carbocycles. The fourth-order valence-corrected chi connectivity index (χ4v) is 3.80. The average molecular weight is 397 g/mol. The van der Waals surface area contributed by atoms with Crippen molar-refractivity contribution < 1.29 is 0 Å². The minimum atomic E-state index is 1.03. The standard InChI is InChI=1S/C11H12N2.C10H12S.2C2H6/c1-2-10-8-12-13(9-10)11-6-4-3-5-7-11;1-2-8-3-4-9-6-11-7-10(9)5-8;2*1-2/h3-9H,2H2,1H3;3-5H,2,6-7H2,1H3;2*1-2H3. The zero-order valence-corrected chi connectivity index (χ0v) is 19.2. The molecule has 3 heteroatoms. The molecular formula is C25H36N2S. The third-order valence-electron chi connectivity index (χ3n) is 4.26. The average Bonchev–Trinajstić information content (AvgIpc) is 3.46. The molecule has 152 valence electrons. The van der Waals surface area contributed by atoms with Gasteiger partial charge >= 0.3 is 0 Å². The number of para-hydroxylation sites is 1. The monoisotopic (exact) mass is 396 g/mol. The van der Waals surface area contributed by atoms with E-state index in [-0.39, 0.29) is 0 Å². The summed E-state index contributed by atoms with van der Waals surface area (Å²) in [6, 6.07) is 17.0. The van der Waals surface area contributed by atoms with Crippen molar-refractivity contribution >= 4 is 11.8 Å². The first-order chi connectivity index (χ1) is 13.8. The van der Waals surface area contributed by atoms with Gasteiger partial charge in [-0.3, -0.25) is 0 Å². The van der Waals surface area contributed by atoms with Crippen molar-refractivity contribution in [2.75, 3.05) is 0 Å². The van der Waals surface area contributed by atoms with Gasteiger partial charge < -0.3 is 0 Å². The maximum atomic E-state index is 4.27. The molecule has 1 aliphatic rings. The molecule has 0 aliphatic carbocycles. The molecule has 0 bridgehead atoms. The lowest BCUT2D eigenvalue weighted by atomic mass is 10.1. The van der Waals surface area contributed by atoms with Crippen LogP contribution in [0.2, 0.25) is 0 Å². The summed E-state index contributed by atoms with van der Waals surface area (Å²) in [5.74, 6) is 2.45. The quantitative estimate of drug-likeness (QED) is 0.456. The first-order valence-electron chi connectivity index (χ1n) is 10.6. The number of aryl methyl sites for hydroxylation is 2. The summed E-state index contributed by atoms with van der Waals surface area (Å²) < 4.78 is 1.90. The minimum Gasteiger partial charge on any atom is -0.241 e. The highest BCUT2D eigenvalue weighted by atomic mass is 32.2. The van der Waals surface area contributed by atoms with E-state index in [9.17, 15) is 0 Å². The van der Waals surface area contributed by atoms with E-state index in [0.717, 1.165) is 18.5 Å². The number of benzene rings is 2. The molecule has 0 amide bonds. The van der Waals surface area contributed by atoms with Crippen LogP contribution in [0.15, 0.2) is 60.9 Å². The third kappa shape index (κ3) is 7.20. The van der Waals surface area contributed by atoms with Crippen LogP contribution < -0.4 is 0 Å². The highest BCUT2D eigenvalue weighted by Crippen LogP contribution is 2.30. The Bertz CT molecular complexity index is 778. The molecule has 28 heavy (non-hydrogen) atoms. The fourth-order valence-electron chi connectivity index (χ4n) is 2.71. The lowest BCUT2D eigenvalue weighted by Gasteiger charge is -2.00. The number of aromatic nitrogens is 2. The number of rotatable bonds is 3. The van der Waals surface area contributed by atoms with Crippen molar-refractivity contribution in [2.24, 2.45) is 0 Å². The van der Waals surface area contributed by atoms with E-state index in [0.29, 0.717) is 0 Å². The van der Waals surface area contributed by atoms with Crippen molar-refractivity contribution in [2.45, 2.75) is 65.9 Å². The molecule has 0 saturated heterocycles. The molecule has 2 heterocycles. The van der Waals surface area contributed by atoms with Gasteiger partial charge in [-0.05, 0) is 47.2 Å². The minimum absolute atomic E-state index is 1.03. The summed E-state index contributed by atoms with van der Waals surface area (Å²) in [6.45, 7) is 12.3. The Morgan fingerprint density at radius 3 is 2.07 bits per heavy atom. The molecule has 2 nitrogen and oxygen atoms in total. The Morgan fingerprint density at radius 1 is 0.821 bits per heavy atom. The maximum Gasteiger partial charge on any atom is 0.0645 e. The van der Waals surface area contributed by atoms with Crippen molar-refractivity contribution in [1.82, 2.24) is 9.78 Å². The predicted molar refractivity (Wildman–Crippen MR) is 126 cm³/mol. The first kappa shape index (κ1) is 24.0. The Balaban J connectivity index is 0.000000240. The molecule has 0 N–H and O–H groups in total. The molecule has 0 radical (unpaired) electrons. The van der Waals surface area contributed by atoms with Gasteiger partial charge in [-0.2, -0.15) is 16.9 Å². The molecule has 0 spiro atoms. The molecule has 1 aliphatic heterocycles. The number of nitrogens with zero attached hydrogens (tertiary/aromatic N) is 2. The van der Waals surface area contributed by atoms with Gasteiger partial charge in [0.05, 0.1) is 11.9 Å². The molecule has 0 atom stereocenters. The smallest absolute Gasteiger partial charge is 0.0645 e. The van der Waals surface area contributed by atoms with Crippen LogP contribution in [0.4, 0.5) is 0 Å². The summed E-state index contributed by atoms with van der Waals surface area (Å²) in [5.41, 5.74) is 6.97. The Hall–Kier alpha value is -2.00. The van der Waals surface area contributed by atoms with Gasteiger partial charge in [-0.1, -0.05) is 77.9 Å². The van der Waals surface area contributed by atoms with E-state index in [1.807, 2.05) is 80.7 Å². The van der Waals surface area contributed by atoms with Gasteiger partial charge in [0.2, 0.25) is 0 Å². The second kappa shape index (κ2) is 14.1. The molecule has 3 aromatic rings. The SMILES string of the molecule is CC.CC.CCc1ccc2c(c1)CSC2.CCc1cnn(-c2ccccc2)c1. The van der Waals surface area contributed by atoms with Gasteiger partial charge in [0.15, 0.2) is 0 Å². The number of thioether (sulfide) groups is 1. The van der Waals surface area contributed by atoms with Crippen molar-refractivity contribution in [3.63, 3.8) is 0 Å². The van der Waals surface area contributed by atoms with Gasteiger partial charge in [-0.15, -0.1) is 0 Å². The summed E-state index contributed by atoms with van der Waals surface area (Å²) >= 11 is 2.02. The molecule has 4 rings (SSSR count). The van der Waals surface area contributed by atoms with Crippen LogP contribution in [0.3, 0.4) is 0 Å². The topological polar surface area (TPSA) is 17.8 Å². The van der Waals surface area contributed by atoms with Crippen LogP contribution in [0.5, 0.6) is 0 Å². The van der Waals surface area contributed by atoms with Crippen molar-refractivity contribution in [3.05, 3.63) is 83.2 Å². The molecular weight excluding hydrogens is 360 g/mol. The van der Waals surface area contributed by atoms with Crippen molar-refractivity contribution in [1.29, 1.82) is 0 Å². The number of hydrogen-bond acceptors (Lipinski definition) is 2. The van der Waals surface area contributed by atoms with Gasteiger partial charge in [0, 0.05) is 17.7 Å². The molecule has 0 saturated carbocycles. The number of fused-ring (bicyclic) bond motifs is 1. The zero-order chi connectivity index (χ0) is 20.8. The Morgan fingerprint density at radius 2 is 1.46 bits per heavy atom. The van der Waals surface area contributed by atoms with Crippen LogP contribution in [0, 0.1) is 0 Å². The van der Waals surface area contributed by atoms with Gasteiger partial charge in [0.25, 0.3) is 0 Å². The van der Waals surface area contributed by atoms with Gasteiger partial charge in [-0.25, -0.2) is 4.68 Å². The summed E-state index contributed by atoms with van der Waals surface area (Å²) in [6.07, 6.45) is 6.17. The fraction of sp³-hybridized carbons (Fsp3) is 0.400. The second-order valence-corrected chi connectivity index (χ2v) is 6.92. The predicted octanol–water partition coefficient (Wildman–Crippen LogP) is 7.48. The summed E-state index contributed by atoms with van der Waals surface area (Å²) in [5, 5.41) is 4.27. The Labute approximate surface area is 176 Å². The normalized spacial score (nSPS) is 11.1. The molecule has 1 aromatic heterocycles. The summed E-state index contributed by atoms with van der Waals surface area (Å²) in [4.78, 5) is 0. The van der Waals surface area contributed by atoms with Gasteiger partial charge in [0.1, 0.15) is 0 Å². The highest BCUT2D eigenvalue weighted by Gasteiger charge is 2.09. The largest absolute Gasteiger partial charge is 0.241 e. The van der Waals surface area contributed by atoms with Crippen LogP contribution in [-0.4, -0.2) is 9.78 Å². The van der Waals surface area contributed by atoms with Crippen LogP contribution in [-0.2, 0) is 24.3 Å². The molecule has 0 fully saturated rings. The van der Waals surface area contributed by atoms with Crippen LogP contribution >= 0.6 is 11.8 Å². The zero-order valence-electron chi connectivity index (χ0n) is 18.4. The Kier molecular flexibility index (Phi) is 12.1. The van der Waals surface area contributed by atoms with E-state index < -0.39 is 0 Å². The number of hydrogen-bond donors (Lipinski definition) is 0. The van der Waals surface area contributed by atoms with E-state index in [4.69, 9.17) is 0 Å². The van der Waals surface area contributed by atoms with Crippen LogP contribution in [0.25, 0.3) is 5.69 Å². The lowest BCUT2D eigenvalue weighted by Crippen LogP contribution is -1.92. The lowest BCUT2D eigenvalue weighted by molar-refractivity contribution is 0.880. The van der Waals surface area contributed by atoms with E-state index >= 15 is 0 Å². The van der Waals surface area contributed by atoms with Crippen molar-refractivity contribution in [3.8, 4) is 5.69 Å². The van der Waals surface area contributed by atoms with E-state index in [1.54, 1.807) is 11.1 Å². The first-order valence-corrected chi connectivity index (χ1v) is 11.7. The third-order valence-corrected chi connectivity index (χ3v) is 5.29. The second-order valence-electron chi connectivity index (χ2n) is 5.93. The van der Waals surface area contributed by atoms with E-state index in [2.05, 4.69) is 43.3 Å². The van der Waals surface area contributed by atoms with E-state index in [1.165, 1.54) is 22.6 Å². The molecule has 0 unspecified atom stereocenters. The van der Waals surface area contributed by atoms with Crippen LogP contribution in [0.1, 0.15) is 63.8 Å². The highest BCUT2D eigenvalue weighted by molar-refractivity contribution is 7.98.